The van der Waals surface area contributed by atoms with E-state index in [1.54, 1.807) is 43.1 Å². The summed E-state index contributed by atoms with van der Waals surface area (Å²) in [5, 5.41) is 10.1. The number of nitrogens with two attached hydrogens (primary N) is 1. The highest BCUT2D eigenvalue weighted by Gasteiger charge is 2.21. The van der Waals surface area contributed by atoms with Crippen LogP contribution >= 0.6 is 0 Å². The smallest absolute Gasteiger partial charge is 0.352 e. The van der Waals surface area contributed by atoms with E-state index in [1.165, 1.54) is 11.1 Å². The summed E-state index contributed by atoms with van der Waals surface area (Å²) in [6.45, 7) is 14.8. The molecule has 0 atom stereocenters. The van der Waals surface area contributed by atoms with E-state index in [0.29, 0.717) is 29.5 Å². The Bertz CT molecular complexity index is 1670. The summed E-state index contributed by atoms with van der Waals surface area (Å²) >= 11 is 0. The molecule has 0 bridgehead atoms. The third-order valence-electron chi connectivity index (χ3n) is 8.36. The molecule has 0 spiro atoms. The number of nitrogen functional groups attached to an aromatic ring is 1. The number of methoxy groups -OCH3 is 1. The summed E-state index contributed by atoms with van der Waals surface area (Å²) < 4.78 is 23.9. The van der Waals surface area contributed by atoms with Crippen molar-refractivity contribution in [3.05, 3.63) is 71.3 Å². The lowest BCUT2D eigenvalue weighted by atomic mass is 9.85. The standard InChI is InChI=1S/C19H20N4O4.C16H26N2O2/c1-22-14(19(24)25)11-13-3-2-4-15(18(13)22)27-17-5-6-20-16(21-17)12-23-7-9-26-10-8-23;1-16(2,3)13-9-12(15(19-4)14(17)10-13)11-18-5-7-20-8-6-18/h2-6,11H,7-10,12H2,1H3,(H,24,25);9-10H,5-8,11,17H2,1-4H3. The minimum atomic E-state index is -0.977. The predicted octanol–water partition coefficient (Wildman–Crippen LogP) is 4.70. The van der Waals surface area contributed by atoms with Crippen LogP contribution in [0.5, 0.6) is 17.4 Å². The molecule has 2 aromatic carbocycles. The third-order valence-corrected chi connectivity index (χ3v) is 8.36. The Balaban J connectivity index is 0.000000194. The van der Waals surface area contributed by atoms with Crippen molar-refractivity contribution >= 4 is 22.6 Å². The Labute approximate surface area is 276 Å². The van der Waals surface area contributed by atoms with E-state index < -0.39 is 5.97 Å². The number of carboxylic acids is 1. The van der Waals surface area contributed by atoms with Gasteiger partial charge < -0.3 is 34.4 Å². The Morgan fingerprint density at radius 3 is 2.26 bits per heavy atom. The molecule has 4 aromatic rings. The van der Waals surface area contributed by atoms with Crippen molar-refractivity contribution in [3.8, 4) is 17.4 Å². The van der Waals surface area contributed by atoms with Crippen LogP contribution < -0.4 is 15.2 Å². The zero-order valence-corrected chi connectivity index (χ0v) is 28.0. The maximum Gasteiger partial charge on any atom is 0.352 e. The first kappa shape index (κ1) is 34.1. The number of carbonyl (C=O) groups is 1. The maximum atomic E-state index is 11.4. The largest absolute Gasteiger partial charge is 0.494 e. The first-order chi connectivity index (χ1) is 22.5. The maximum absolute atomic E-state index is 11.4. The molecule has 2 fully saturated rings. The van der Waals surface area contributed by atoms with Crippen molar-refractivity contribution in [1.29, 1.82) is 0 Å². The van der Waals surface area contributed by atoms with Gasteiger partial charge in [-0.2, -0.15) is 4.98 Å². The fourth-order valence-electron chi connectivity index (χ4n) is 5.77. The Morgan fingerprint density at radius 1 is 0.979 bits per heavy atom. The highest BCUT2D eigenvalue weighted by Crippen LogP contribution is 2.34. The second-order valence-corrected chi connectivity index (χ2v) is 12.8. The highest BCUT2D eigenvalue weighted by molar-refractivity contribution is 5.96. The van der Waals surface area contributed by atoms with E-state index in [1.807, 2.05) is 18.2 Å². The summed E-state index contributed by atoms with van der Waals surface area (Å²) in [5.41, 5.74) is 10.3. The Morgan fingerprint density at radius 2 is 1.64 bits per heavy atom. The first-order valence-corrected chi connectivity index (χ1v) is 15.9. The van der Waals surface area contributed by atoms with Gasteiger partial charge in [-0.3, -0.25) is 9.80 Å². The van der Waals surface area contributed by atoms with Gasteiger partial charge >= 0.3 is 5.97 Å². The van der Waals surface area contributed by atoms with Gasteiger partial charge in [-0.05, 0) is 29.2 Å². The van der Waals surface area contributed by atoms with Crippen molar-refractivity contribution in [2.45, 2.75) is 39.3 Å². The van der Waals surface area contributed by atoms with Crippen LogP contribution in [0.25, 0.3) is 10.9 Å². The number of aromatic nitrogens is 3. The number of aryl methyl sites for hydroxylation is 1. The molecule has 12 nitrogen and oxygen atoms in total. The van der Waals surface area contributed by atoms with Crippen LogP contribution in [0.2, 0.25) is 0 Å². The number of nitrogens with zero attached hydrogens (tertiary/aromatic N) is 5. The number of hydrogen-bond donors (Lipinski definition) is 2. The van der Waals surface area contributed by atoms with Crippen LogP contribution in [-0.4, -0.2) is 95.1 Å². The Hall–Kier alpha value is -4.23. The normalized spacial score (nSPS) is 16.0. The van der Waals surface area contributed by atoms with Crippen LogP contribution in [0.4, 0.5) is 5.69 Å². The van der Waals surface area contributed by atoms with Gasteiger partial charge in [0, 0.05) is 63.0 Å². The number of para-hydroxylation sites is 1. The lowest BCUT2D eigenvalue weighted by Crippen LogP contribution is -2.36. The zero-order chi connectivity index (χ0) is 33.6. The van der Waals surface area contributed by atoms with Gasteiger partial charge in [0.2, 0.25) is 5.88 Å². The average Bonchev–Trinajstić information content (AvgIpc) is 3.39. The highest BCUT2D eigenvalue weighted by atomic mass is 16.5. The molecular formula is C35H46N6O6. The fourth-order valence-corrected chi connectivity index (χ4v) is 5.77. The summed E-state index contributed by atoms with van der Waals surface area (Å²) in [7, 11) is 3.40. The van der Waals surface area contributed by atoms with Gasteiger partial charge in [0.15, 0.2) is 5.75 Å². The van der Waals surface area contributed by atoms with Gasteiger partial charge in [0.25, 0.3) is 0 Å². The number of fused-ring (bicyclic) bond motifs is 1. The lowest BCUT2D eigenvalue weighted by Gasteiger charge is -2.29. The molecule has 252 valence electrons. The lowest BCUT2D eigenvalue weighted by molar-refractivity contribution is 0.0330. The predicted molar refractivity (Wildman–Crippen MR) is 180 cm³/mol. The number of carboxylic acid groups (broad SMARTS) is 1. The SMILES string of the molecule is COc1c(N)cc(C(C)(C)C)cc1CN1CCOCC1.Cn1c(C(=O)O)cc2cccc(Oc3ccnc(CN4CCOCC4)n3)c21. The molecule has 47 heavy (non-hydrogen) atoms. The monoisotopic (exact) mass is 646 g/mol. The van der Waals surface area contributed by atoms with Gasteiger partial charge in [0.1, 0.15) is 17.3 Å². The minimum Gasteiger partial charge on any atom is -0.494 e. The van der Waals surface area contributed by atoms with Crippen molar-refractivity contribution in [3.63, 3.8) is 0 Å². The number of anilines is 1. The molecule has 4 heterocycles. The van der Waals surface area contributed by atoms with Crippen LogP contribution in [0.1, 0.15) is 48.2 Å². The minimum absolute atomic E-state index is 0.0835. The van der Waals surface area contributed by atoms with Crippen LogP contribution in [-0.2, 0) is 35.0 Å². The van der Waals surface area contributed by atoms with E-state index in [-0.39, 0.29) is 11.1 Å². The summed E-state index contributed by atoms with van der Waals surface area (Å²) in [6.07, 6.45) is 1.67. The van der Waals surface area contributed by atoms with E-state index in [9.17, 15) is 9.90 Å². The molecule has 3 N–H and O–H groups in total. The van der Waals surface area contributed by atoms with E-state index >= 15 is 0 Å². The second kappa shape index (κ2) is 15.1. The number of morpholine rings is 2. The molecule has 0 unspecified atom stereocenters. The third kappa shape index (κ3) is 8.58. The molecular weight excluding hydrogens is 600 g/mol. The molecule has 0 amide bonds. The van der Waals surface area contributed by atoms with Crippen molar-refractivity contribution in [2.75, 3.05) is 65.5 Å². The molecule has 12 heteroatoms. The molecule has 2 aliphatic heterocycles. The van der Waals surface area contributed by atoms with Gasteiger partial charge in [-0.15, -0.1) is 0 Å². The number of rotatable bonds is 8. The van der Waals surface area contributed by atoms with E-state index in [4.69, 9.17) is 24.7 Å². The van der Waals surface area contributed by atoms with Crippen LogP contribution in [0.15, 0.2) is 48.7 Å². The number of benzene rings is 2. The molecule has 0 saturated carbocycles. The quantitative estimate of drug-likeness (QED) is 0.258. The van der Waals surface area contributed by atoms with Crippen molar-refractivity contribution in [1.82, 2.24) is 24.3 Å². The van der Waals surface area contributed by atoms with Gasteiger partial charge in [-0.1, -0.05) is 39.0 Å². The summed E-state index contributed by atoms with van der Waals surface area (Å²) in [4.78, 5) is 24.8. The number of ether oxygens (including phenoxy) is 4. The molecule has 2 aliphatic rings. The van der Waals surface area contributed by atoms with E-state index in [0.717, 1.165) is 76.0 Å². The van der Waals surface area contributed by atoms with Crippen LogP contribution in [0.3, 0.4) is 0 Å². The average molecular weight is 647 g/mol. The number of hydrogen-bond acceptors (Lipinski definition) is 10. The summed E-state index contributed by atoms with van der Waals surface area (Å²) in [5.74, 6) is 1.50. The van der Waals surface area contributed by atoms with Gasteiger partial charge in [0.05, 0.1) is 51.3 Å². The van der Waals surface area contributed by atoms with Crippen molar-refractivity contribution in [2.24, 2.45) is 7.05 Å². The molecule has 2 aromatic heterocycles. The molecule has 6 rings (SSSR count). The zero-order valence-electron chi connectivity index (χ0n) is 28.0. The molecule has 0 radical (unpaired) electrons. The molecule has 0 aliphatic carbocycles. The van der Waals surface area contributed by atoms with Gasteiger partial charge in [-0.25, -0.2) is 9.78 Å². The second-order valence-electron chi connectivity index (χ2n) is 12.8. The fraction of sp³-hybridized carbons (Fsp3) is 0.457. The Kier molecular flexibility index (Phi) is 11.0. The molecule has 2 saturated heterocycles. The summed E-state index contributed by atoms with van der Waals surface area (Å²) in [6, 6.07) is 13.1. The first-order valence-electron chi connectivity index (χ1n) is 15.9. The van der Waals surface area contributed by atoms with E-state index in [2.05, 4.69) is 46.6 Å². The number of aromatic carboxylic acids is 1. The van der Waals surface area contributed by atoms with Crippen molar-refractivity contribution < 1.29 is 28.8 Å². The topological polar surface area (TPSA) is 137 Å². The van der Waals surface area contributed by atoms with Crippen LogP contribution in [0, 0.1) is 0 Å².